The first-order chi connectivity index (χ1) is 6.66. The third-order valence-electron chi connectivity index (χ3n) is 2.36. The van der Waals surface area contributed by atoms with E-state index in [4.69, 9.17) is 33.7 Å². The van der Waals surface area contributed by atoms with Gasteiger partial charge in [-0.3, -0.25) is 0 Å². The van der Waals surface area contributed by atoms with Crippen LogP contribution in [0.25, 0.3) is 0 Å². The molecule has 1 aromatic carbocycles. The summed E-state index contributed by atoms with van der Waals surface area (Å²) in [6, 6.07) is 3.31. The van der Waals surface area contributed by atoms with Crippen LogP contribution in [-0.2, 0) is 0 Å². The zero-order valence-corrected chi connectivity index (χ0v) is 9.11. The molecule has 0 aliphatic heterocycles. The number of nitrogen functional groups attached to an aromatic ring is 1. The van der Waals surface area contributed by atoms with Crippen molar-refractivity contribution in [1.29, 1.82) is 0 Å². The Bertz CT molecular complexity index is 327. The fourth-order valence-corrected chi connectivity index (χ4v) is 1.94. The van der Waals surface area contributed by atoms with Crippen molar-refractivity contribution in [1.82, 2.24) is 0 Å². The fourth-order valence-electron chi connectivity index (χ4n) is 1.35. The average Bonchev–Trinajstić information content (AvgIpc) is 1.98. The van der Waals surface area contributed by atoms with E-state index in [9.17, 15) is 0 Å². The maximum Gasteiger partial charge on any atom is 0.157 e. The quantitative estimate of drug-likeness (QED) is 0.792. The molecule has 1 aliphatic rings. The first-order valence-corrected chi connectivity index (χ1v) is 5.33. The molecule has 0 atom stereocenters. The number of hydrogen-bond acceptors (Lipinski definition) is 2. The standard InChI is InChI=1S/C10H11Cl2NO/c11-8-4-6(13)5-9(12)10(8)14-7-2-1-3-7/h4-5,7H,1-3,13H2. The molecule has 2 rings (SSSR count). The van der Waals surface area contributed by atoms with Crippen molar-refractivity contribution in [3.63, 3.8) is 0 Å². The van der Waals surface area contributed by atoms with Crippen molar-refractivity contribution in [2.75, 3.05) is 5.73 Å². The average molecular weight is 232 g/mol. The molecule has 0 amide bonds. The number of rotatable bonds is 2. The summed E-state index contributed by atoms with van der Waals surface area (Å²) in [4.78, 5) is 0. The number of benzene rings is 1. The molecule has 0 unspecified atom stereocenters. The molecule has 0 saturated heterocycles. The van der Waals surface area contributed by atoms with Gasteiger partial charge in [0, 0.05) is 5.69 Å². The van der Waals surface area contributed by atoms with Crippen molar-refractivity contribution in [2.45, 2.75) is 25.4 Å². The van der Waals surface area contributed by atoms with Crippen molar-refractivity contribution in [3.05, 3.63) is 22.2 Å². The highest BCUT2D eigenvalue weighted by atomic mass is 35.5. The van der Waals surface area contributed by atoms with Crippen LogP contribution in [0.5, 0.6) is 5.75 Å². The predicted molar refractivity (Wildman–Crippen MR) is 59.1 cm³/mol. The van der Waals surface area contributed by atoms with Crippen LogP contribution in [-0.4, -0.2) is 6.10 Å². The fraction of sp³-hybridized carbons (Fsp3) is 0.400. The normalized spacial score (nSPS) is 16.4. The zero-order chi connectivity index (χ0) is 10.1. The van der Waals surface area contributed by atoms with E-state index in [0.717, 1.165) is 12.8 Å². The molecule has 0 spiro atoms. The summed E-state index contributed by atoms with van der Waals surface area (Å²) in [5, 5.41) is 0.976. The monoisotopic (exact) mass is 231 g/mol. The zero-order valence-electron chi connectivity index (χ0n) is 7.59. The molecule has 2 N–H and O–H groups in total. The van der Waals surface area contributed by atoms with Crippen LogP contribution in [0.15, 0.2) is 12.1 Å². The Balaban J connectivity index is 2.22. The van der Waals surface area contributed by atoms with Crippen molar-refractivity contribution in [3.8, 4) is 5.75 Å². The van der Waals surface area contributed by atoms with E-state index in [0.29, 0.717) is 21.5 Å². The lowest BCUT2D eigenvalue weighted by molar-refractivity contribution is 0.120. The third-order valence-corrected chi connectivity index (χ3v) is 2.92. The summed E-state index contributed by atoms with van der Waals surface area (Å²) in [5.41, 5.74) is 6.14. The van der Waals surface area contributed by atoms with Gasteiger partial charge in [-0.25, -0.2) is 0 Å². The number of hydrogen-bond donors (Lipinski definition) is 1. The highest BCUT2D eigenvalue weighted by molar-refractivity contribution is 6.37. The Morgan fingerprint density at radius 3 is 2.21 bits per heavy atom. The first kappa shape index (κ1) is 9.94. The second kappa shape index (κ2) is 3.87. The molecule has 0 heterocycles. The van der Waals surface area contributed by atoms with Crippen LogP contribution in [0.4, 0.5) is 5.69 Å². The first-order valence-electron chi connectivity index (χ1n) is 4.58. The molecule has 1 saturated carbocycles. The van der Waals surface area contributed by atoms with E-state index >= 15 is 0 Å². The highest BCUT2D eigenvalue weighted by Gasteiger charge is 2.21. The summed E-state index contributed by atoms with van der Waals surface area (Å²) in [7, 11) is 0. The molecule has 2 nitrogen and oxygen atoms in total. The van der Waals surface area contributed by atoms with E-state index in [1.165, 1.54) is 6.42 Å². The summed E-state index contributed by atoms with van der Waals surface area (Å²) in [5.74, 6) is 0.562. The summed E-state index contributed by atoms with van der Waals surface area (Å²) >= 11 is 11.9. The Kier molecular flexibility index (Phi) is 2.75. The summed E-state index contributed by atoms with van der Waals surface area (Å²) < 4.78 is 5.65. The topological polar surface area (TPSA) is 35.2 Å². The van der Waals surface area contributed by atoms with Crippen LogP contribution >= 0.6 is 23.2 Å². The lowest BCUT2D eigenvalue weighted by Crippen LogP contribution is -2.24. The maximum absolute atomic E-state index is 5.97. The van der Waals surface area contributed by atoms with Gasteiger partial charge in [-0.2, -0.15) is 0 Å². The SMILES string of the molecule is Nc1cc(Cl)c(OC2CCC2)c(Cl)c1. The second-order valence-electron chi connectivity index (χ2n) is 3.48. The molecular weight excluding hydrogens is 221 g/mol. The minimum absolute atomic E-state index is 0.272. The van der Waals surface area contributed by atoms with Gasteiger partial charge in [-0.15, -0.1) is 0 Å². The van der Waals surface area contributed by atoms with Crippen LogP contribution < -0.4 is 10.5 Å². The van der Waals surface area contributed by atoms with Gasteiger partial charge in [-0.05, 0) is 31.4 Å². The van der Waals surface area contributed by atoms with Gasteiger partial charge in [0.25, 0.3) is 0 Å². The van der Waals surface area contributed by atoms with E-state index in [2.05, 4.69) is 0 Å². The van der Waals surface area contributed by atoms with E-state index < -0.39 is 0 Å². The molecule has 0 radical (unpaired) electrons. The lowest BCUT2D eigenvalue weighted by atomic mass is 9.96. The smallest absolute Gasteiger partial charge is 0.157 e. The second-order valence-corrected chi connectivity index (χ2v) is 4.30. The molecule has 76 valence electrons. The van der Waals surface area contributed by atoms with Gasteiger partial charge in [0.15, 0.2) is 5.75 Å². The van der Waals surface area contributed by atoms with Gasteiger partial charge >= 0.3 is 0 Å². The Labute approximate surface area is 92.9 Å². The Hall–Kier alpha value is -0.600. The Morgan fingerprint density at radius 2 is 1.79 bits per heavy atom. The molecular formula is C10H11Cl2NO. The summed E-state index contributed by atoms with van der Waals surface area (Å²) in [6.45, 7) is 0. The van der Waals surface area contributed by atoms with Crippen molar-refractivity contribution >= 4 is 28.9 Å². The van der Waals surface area contributed by atoms with E-state index in [-0.39, 0.29) is 6.10 Å². The number of ether oxygens (including phenoxy) is 1. The molecule has 0 bridgehead atoms. The van der Waals surface area contributed by atoms with E-state index in [1.54, 1.807) is 12.1 Å². The molecule has 14 heavy (non-hydrogen) atoms. The highest BCUT2D eigenvalue weighted by Crippen LogP contribution is 2.38. The van der Waals surface area contributed by atoms with Crippen LogP contribution in [0, 0.1) is 0 Å². The number of nitrogens with two attached hydrogens (primary N) is 1. The minimum atomic E-state index is 0.272. The van der Waals surface area contributed by atoms with Crippen LogP contribution in [0.3, 0.4) is 0 Å². The summed E-state index contributed by atoms with van der Waals surface area (Å²) in [6.07, 6.45) is 3.65. The Morgan fingerprint density at radius 1 is 1.21 bits per heavy atom. The van der Waals surface area contributed by atoms with Crippen LogP contribution in [0.1, 0.15) is 19.3 Å². The van der Waals surface area contributed by atoms with Crippen molar-refractivity contribution < 1.29 is 4.74 Å². The molecule has 1 fully saturated rings. The molecule has 0 aromatic heterocycles. The van der Waals surface area contributed by atoms with Gasteiger partial charge < -0.3 is 10.5 Å². The van der Waals surface area contributed by atoms with Gasteiger partial charge in [0.2, 0.25) is 0 Å². The van der Waals surface area contributed by atoms with Crippen LogP contribution in [0.2, 0.25) is 10.0 Å². The molecule has 1 aliphatic carbocycles. The number of anilines is 1. The third kappa shape index (κ3) is 1.91. The molecule has 4 heteroatoms. The van der Waals surface area contributed by atoms with Gasteiger partial charge in [0.05, 0.1) is 16.1 Å². The maximum atomic E-state index is 5.97. The number of halogens is 2. The lowest BCUT2D eigenvalue weighted by Gasteiger charge is -2.27. The largest absolute Gasteiger partial charge is 0.487 e. The van der Waals surface area contributed by atoms with E-state index in [1.807, 2.05) is 0 Å². The predicted octanol–water partition coefficient (Wildman–Crippen LogP) is 3.51. The van der Waals surface area contributed by atoms with Crippen molar-refractivity contribution in [2.24, 2.45) is 0 Å². The molecule has 1 aromatic rings. The van der Waals surface area contributed by atoms with Gasteiger partial charge in [0.1, 0.15) is 0 Å². The minimum Gasteiger partial charge on any atom is -0.487 e. The van der Waals surface area contributed by atoms with Gasteiger partial charge in [-0.1, -0.05) is 23.2 Å².